The number of rotatable bonds is 4. The SMILES string of the molecule is CCn1nc(-c2cc(NC(C)=O)ccc2O)cc1C1CCCC1. The molecule has 1 amide bonds. The van der Waals surface area contributed by atoms with Gasteiger partial charge in [0.1, 0.15) is 5.75 Å². The van der Waals surface area contributed by atoms with Gasteiger partial charge in [0.05, 0.1) is 5.69 Å². The fourth-order valence-corrected chi connectivity index (χ4v) is 3.39. The Balaban J connectivity index is 1.99. The Kier molecular flexibility index (Phi) is 4.37. The molecule has 0 saturated heterocycles. The van der Waals surface area contributed by atoms with Crippen LogP contribution in [0.5, 0.6) is 5.75 Å². The maximum absolute atomic E-state index is 11.2. The Labute approximate surface area is 136 Å². The van der Waals surface area contributed by atoms with Crippen molar-refractivity contribution in [2.45, 2.75) is 52.0 Å². The summed E-state index contributed by atoms with van der Waals surface area (Å²) in [6.45, 7) is 4.37. The minimum absolute atomic E-state index is 0.132. The largest absolute Gasteiger partial charge is 0.507 e. The minimum atomic E-state index is -0.132. The van der Waals surface area contributed by atoms with Gasteiger partial charge >= 0.3 is 0 Å². The van der Waals surface area contributed by atoms with Crippen molar-refractivity contribution >= 4 is 11.6 Å². The van der Waals surface area contributed by atoms with E-state index in [0.29, 0.717) is 17.2 Å². The molecule has 122 valence electrons. The Morgan fingerprint density at radius 1 is 1.35 bits per heavy atom. The van der Waals surface area contributed by atoms with Crippen LogP contribution in [0.2, 0.25) is 0 Å². The van der Waals surface area contributed by atoms with Crippen LogP contribution in [0.3, 0.4) is 0 Å². The zero-order chi connectivity index (χ0) is 16.4. The molecule has 0 aliphatic heterocycles. The summed E-state index contributed by atoms with van der Waals surface area (Å²) in [5.74, 6) is 0.613. The van der Waals surface area contributed by atoms with Crippen molar-refractivity contribution in [3.63, 3.8) is 0 Å². The van der Waals surface area contributed by atoms with Crippen LogP contribution in [-0.4, -0.2) is 20.8 Å². The lowest BCUT2D eigenvalue weighted by atomic mass is 10.0. The van der Waals surface area contributed by atoms with E-state index in [2.05, 4.69) is 23.4 Å². The molecule has 3 rings (SSSR count). The van der Waals surface area contributed by atoms with Gasteiger partial charge in [0.25, 0.3) is 0 Å². The van der Waals surface area contributed by atoms with Crippen molar-refractivity contribution in [3.8, 4) is 17.0 Å². The quantitative estimate of drug-likeness (QED) is 0.841. The fraction of sp³-hybridized carbons (Fsp3) is 0.444. The van der Waals surface area contributed by atoms with Gasteiger partial charge in [0, 0.05) is 36.3 Å². The molecular weight excluding hydrogens is 290 g/mol. The molecule has 23 heavy (non-hydrogen) atoms. The van der Waals surface area contributed by atoms with Crippen molar-refractivity contribution in [1.82, 2.24) is 9.78 Å². The summed E-state index contributed by atoms with van der Waals surface area (Å²) in [6, 6.07) is 7.15. The van der Waals surface area contributed by atoms with Crippen LogP contribution in [-0.2, 0) is 11.3 Å². The number of nitrogens with one attached hydrogen (secondary N) is 1. The van der Waals surface area contributed by atoms with E-state index in [1.54, 1.807) is 18.2 Å². The van der Waals surface area contributed by atoms with Crippen LogP contribution >= 0.6 is 0 Å². The average Bonchev–Trinajstić information content (AvgIpc) is 3.16. The number of carbonyl (C=O) groups excluding carboxylic acids is 1. The van der Waals surface area contributed by atoms with Gasteiger partial charge in [-0.25, -0.2) is 0 Å². The normalized spacial score (nSPS) is 15.0. The van der Waals surface area contributed by atoms with Gasteiger partial charge in [-0.3, -0.25) is 9.48 Å². The predicted molar refractivity (Wildman–Crippen MR) is 90.5 cm³/mol. The van der Waals surface area contributed by atoms with Crippen LogP contribution < -0.4 is 5.32 Å². The summed E-state index contributed by atoms with van der Waals surface area (Å²) in [4.78, 5) is 11.2. The maximum Gasteiger partial charge on any atom is 0.221 e. The molecule has 1 aromatic carbocycles. The molecule has 0 atom stereocenters. The lowest BCUT2D eigenvalue weighted by Gasteiger charge is -2.10. The summed E-state index contributed by atoms with van der Waals surface area (Å²) in [5, 5.41) is 17.6. The summed E-state index contributed by atoms with van der Waals surface area (Å²) < 4.78 is 2.04. The van der Waals surface area contributed by atoms with E-state index < -0.39 is 0 Å². The molecule has 1 heterocycles. The number of aromatic hydroxyl groups is 1. The Bertz CT molecular complexity index is 715. The number of hydrogen-bond acceptors (Lipinski definition) is 3. The number of aromatic nitrogens is 2. The third-order valence-electron chi connectivity index (χ3n) is 4.48. The Morgan fingerprint density at radius 3 is 2.74 bits per heavy atom. The highest BCUT2D eigenvalue weighted by molar-refractivity contribution is 5.90. The first-order valence-corrected chi connectivity index (χ1v) is 8.27. The van der Waals surface area contributed by atoms with Crippen molar-refractivity contribution in [2.75, 3.05) is 5.32 Å². The molecule has 2 aromatic rings. The standard InChI is InChI=1S/C18H23N3O2/c1-3-21-17(13-6-4-5-7-13)11-16(20-21)15-10-14(19-12(2)22)8-9-18(15)23/h8-11,13,23H,3-7H2,1-2H3,(H,19,22). The maximum atomic E-state index is 11.2. The third-order valence-corrected chi connectivity index (χ3v) is 4.48. The molecular formula is C18H23N3O2. The number of amides is 1. The molecule has 5 heteroatoms. The zero-order valence-electron chi connectivity index (χ0n) is 13.7. The summed E-state index contributed by atoms with van der Waals surface area (Å²) in [7, 11) is 0. The summed E-state index contributed by atoms with van der Waals surface area (Å²) in [6.07, 6.45) is 4.97. The van der Waals surface area contributed by atoms with Crippen LogP contribution in [0.4, 0.5) is 5.69 Å². The van der Waals surface area contributed by atoms with E-state index in [1.807, 2.05) is 4.68 Å². The number of aryl methyl sites for hydroxylation is 1. The second-order valence-corrected chi connectivity index (χ2v) is 6.16. The number of benzene rings is 1. The summed E-state index contributed by atoms with van der Waals surface area (Å²) >= 11 is 0. The van der Waals surface area contributed by atoms with Gasteiger partial charge in [0.15, 0.2) is 0 Å². The molecule has 1 saturated carbocycles. The number of phenolic OH excluding ortho intramolecular Hbond substituents is 1. The highest BCUT2D eigenvalue weighted by atomic mass is 16.3. The second kappa shape index (κ2) is 6.44. The van der Waals surface area contributed by atoms with E-state index in [-0.39, 0.29) is 11.7 Å². The van der Waals surface area contributed by atoms with Gasteiger partial charge in [-0.05, 0) is 44.0 Å². The molecule has 1 aliphatic carbocycles. The zero-order valence-corrected chi connectivity index (χ0v) is 13.7. The number of nitrogens with zero attached hydrogens (tertiary/aromatic N) is 2. The molecule has 2 N–H and O–H groups in total. The second-order valence-electron chi connectivity index (χ2n) is 6.16. The fourth-order valence-electron chi connectivity index (χ4n) is 3.39. The highest BCUT2D eigenvalue weighted by Crippen LogP contribution is 2.37. The van der Waals surface area contributed by atoms with Gasteiger partial charge in [-0.1, -0.05) is 12.8 Å². The van der Waals surface area contributed by atoms with Crippen LogP contribution in [0, 0.1) is 0 Å². The van der Waals surface area contributed by atoms with Crippen LogP contribution in [0.15, 0.2) is 24.3 Å². The van der Waals surface area contributed by atoms with E-state index in [0.717, 1.165) is 12.2 Å². The van der Waals surface area contributed by atoms with E-state index in [9.17, 15) is 9.90 Å². The number of carbonyl (C=O) groups is 1. The van der Waals surface area contributed by atoms with Gasteiger partial charge in [-0.15, -0.1) is 0 Å². The van der Waals surface area contributed by atoms with E-state index >= 15 is 0 Å². The molecule has 1 aromatic heterocycles. The van der Waals surface area contributed by atoms with Crippen molar-refractivity contribution in [1.29, 1.82) is 0 Å². The van der Waals surface area contributed by atoms with Gasteiger partial charge < -0.3 is 10.4 Å². The Morgan fingerprint density at radius 2 is 2.09 bits per heavy atom. The lowest BCUT2D eigenvalue weighted by molar-refractivity contribution is -0.114. The Hall–Kier alpha value is -2.30. The molecule has 0 bridgehead atoms. The molecule has 0 radical (unpaired) electrons. The first kappa shape index (κ1) is 15.6. The van der Waals surface area contributed by atoms with Crippen molar-refractivity contribution in [3.05, 3.63) is 30.0 Å². The van der Waals surface area contributed by atoms with Crippen LogP contribution in [0.25, 0.3) is 11.3 Å². The number of phenols is 1. The first-order chi connectivity index (χ1) is 11.1. The van der Waals surface area contributed by atoms with E-state index in [4.69, 9.17) is 0 Å². The molecule has 1 aliphatic rings. The number of anilines is 1. The molecule has 0 unspecified atom stereocenters. The predicted octanol–water partition coefficient (Wildman–Crippen LogP) is 3.89. The number of hydrogen-bond donors (Lipinski definition) is 2. The first-order valence-electron chi connectivity index (χ1n) is 8.27. The monoisotopic (exact) mass is 313 g/mol. The van der Waals surface area contributed by atoms with E-state index in [1.165, 1.54) is 38.3 Å². The molecule has 1 fully saturated rings. The summed E-state index contributed by atoms with van der Waals surface area (Å²) in [5.41, 5.74) is 3.34. The van der Waals surface area contributed by atoms with Crippen molar-refractivity contribution < 1.29 is 9.90 Å². The minimum Gasteiger partial charge on any atom is -0.507 e. The van der Waals surface area contributed by atoms with Crippen molar-refractivity contribution in [2.24, 2.45) is 0 Å². The third kappa shape index (κ3) is 3.23. The van der Waals surface area contributed by atoms with Gasteiger partial charge in [0.2, 0.25) is 5.91 Å². The van der Waals surface area contributed by atoms with Crippen LogP contribution in [0.1, 0.15) is 51.1 Å². The smallest absolute Gasteiger partial charge is 0.221 e. The average molecular weight is 313 g/mol. The van der Waals surface area contributed by atoms with Gasteiger partial charge in [-0.2, -0.15) is 5.10 Å². The highest BCUT2D eigenvalue weighted by Gasteiger charge is 2.22. The molecule has 5 nitrogen and oxygen atoms in total. The lowest BCUT2D eigenvalue weighted by Crippen LogP contribution is -2.06. The molecule has 0 spiro atoms. The topological polar surface area (TPSA) is 67.2 Å².